The summed E-state index contributed by atoms with van der Waals surface area (Å²) in [5.41, 5.74) is 1.79. The van der Waals surface area contributed by atoms with Gasteiger partial charge in [0.1, 0.15) is 9.97 Å². The predicted molar refractivity (Wildman–Crippen MR) is 132 cm³/mol. The maximum Gasteiger partial charge on any atom is 0.188 e. The summed E-state index contributed by atoms with van der Waals surface area (Å²) < 4.78 is 14.9. The zero-order chi connectivity index (χ0) is 22.3. The number of aromatic nitrogens is 2. The van der Waals surface area contributed by atoms with Crippen molar-refractivity contribution >= 4 is 52.3 Å². The molecule has 0 spiro atoms. The van der Waals surface area contributed by atoms with Crippen LogP contribution in [-0.4, -0.2) is 63.4 Å². The van der Waals surface area contributed by atoms with Gasteiger partial charge in [0.05, 0.1) is 30.2 Å². The number of nitrogens with one attached hydrogen (secondary N) is 2. The van der Waals surface area contributed by atoms with Gasteiger partial charge in [0.15, 0.2) is 17.4 Å². The number of anilines is 3. The molecular weight excluding hydrogens is 466 g/mol. The molecule has 3 aromatic heterocycles. The Kier molecular flexibility index (Phi) is 8.27. The van der Waals surface area contributed by atoms with E-state index in [1.54, 1.807) is 5.38 Å². The van der Waals surface area contributed by atoms with Crippen molar-refractivity contribution in [3.05, 3.63) is 29.0 Å². The van der Waals surface area contributed by atoms with Crippen LogP contribution in [0.1, 0.15) is 24.2 Å². The van der Waals surface area contributed by atoms with Crippen LogP contribution in [0.25, 0.3) is 0 Å². The Morgan fingerprint density at radius 3 is 2.81 bits per heavy atom. The van der Waals surface area contributed by atoms with Crippen LogP contribution in [0.4, 0.5) is 17.3 Å². The molecule has 1 aliphatic heterocycles. The van der Waals surface area contributed by atoms with Crippen molar-refractivity contribution in [2.75, 3.05) is 50.4 Å². The van der Waals surface area contributed by atoms with Crippen LogP contribution < -0.4 is 15.8 Å². The molecule has 5 N–H and O–H groups in total. The number of piperazine rings is 1. The topological polar surface area (TPSA) is 116 Å². The highest BCUT2D eigenvalue weighted by Gasteiger charge is 2.15. The normalized spacial score (nSPS) is 15.3. The van der Waals surface area contributed by atoms with Crippen LogP contribution in [0.2, 0.25) is 0 Å². The third kappa shape index (κ3) is 6.15. The van der Waals surface area contributed by atoms with Gasteiger partial charge in [-0.15, -0.1) is 11.3 Å². The van der Waals surface area contributed by atoms with E-state index in [4.69, 9.17) is 9.56 Å². The first kappa shape index (κ1) is 23.3. The Hall–Kier alpha value is -1.83. The summed E-state index contributed by atoms with van der Waals surface area (Å²) >= 11 is 3.49. The Bertz CT molecular complexity index is 982. The van der Waals surface area contributed by atoms with Gasteiger partial charge in [-0.1, -0.05) is 0 Å². The number of hydrogen-bond donors (Lipinski definition) is 4. The average Bonchev–Trinajstić information content (AvgIpc) is 3.52. The molecule has 12 heteroatoms. The number of thiophene rings is 1. The number of furan rings is 1. The third-order valence-corrected chi connectivity index (χ3v) is 7.78. The fourth-order valence-corrected chi connectivity index (χ4v) is 5.27. The lowest BCUT2D eigenvalue weighted by molar-refractivity contribution is 0.152. The number of hydrogen-bond acceptors (Lipinski definition) is 12. The van der Waals surface area contributed by atoms with Crippen LogP contribution in [0.5, 0.6) is 5.75 Å². The van der Waals surface area contributed by atoms with Crippen molar-refractivity contribution in [3.8, 4) is 5.75 Å². The molecule has 4 rings (SSSR count). The molecule has 1 fully saturated rings. The summed E-state index contributed by atoms with van der Waals surface area (Å²) in [6.07, 6.45) is 5.25. The summed E-state index contributed by atoms with van der Waals surface area (Å²) in [6, 6.07) is 2.10. The summed E-state index contributed by atoms with van der Waals surface area (Å²) in [5, 5.41) is 23.9. The SMILES string of the molecule is CN1CCN(CCCCc2coc(CNc3nsnc3Nc3csc(SN)c3O)c2)CC1. The van der Waals surface area contributed by atoms with Gasteiger partial charge in [0, 0.05) is 31.6 Å². The quantitative estimate of drug-likeness (QED) is 0.231. The number of unbranched alkanes of at least 4 members (excludes halogenated alkanes) is 1. The van der Waals surface area contributed by atoms with Crippen LogP contribution in [0.15, 0.2) is 26.3 Å². The van der Waals surface area contributed by atoms with Crippen LogP contribution in [0, 0.1) is 0 Å². The molecule has 1 aliphatic rings. The maximum absolute atomic E-state index is 10.2. The second-order valence-corrected chi connectivity index (χ2v) is 10.2. The highest BCUT2D eigenvalue weighted by Crippen LogP contribution is 2.41. The molecule has 174 valence electrons. The third-order valence-electron chi connectivity index (χ3n) is 5.50. The van der Waals surface area contributed by atoms with Gasteiger partial charge in [-0.2, -0.15) is 8.75 Å². The first-order valence-corrected chi connectivity index (χ1v) is 13.1. The van der Waals surface area contributed by atoms with Gasteiger partial charge < -0.3 is 30.0 Å². The van der Waals surface area contributed by atoms with Gasteiger partial charge in [0.25, 0.3) is 0 Å². The van der Waals surface area contributed by atoms with E-state index in [-0.39, 0.29) is 5.75 Å². The molecule has 0 radical (unpaired) electrons. The van der Waals surface area contributed by atoms with E-state index in [1.807, 2.05) is 6.26 Å². The van der Waals surface area contributed by atoms with Gasteiger partial charge in [-0.05, 0) is 56.4 Å². The van der Waals surface area contributed by atoms with Crippen molar-refractivity contribution in [1.82, 2.24) is 18.5 Å². The molecule has 0 amide bonds. The van der Waals surface area contributed by atoms with Crippen LogP contribution in [0.3, 0.4) is 0 Å². The van der Waals surface area contributed by atoms with Crippen molar-refractivity contribution in [1.29, 1.82) is 0 Å². The van der Waals surface area contributed by atoms with Gasteiger partial charge >= 0.3 is 0 Å². The summed E-state index contributed by atoms with van der Waals surface area (Å²) in [6.45, 7) is 6.40. The molecule has 0 atom stereocenters. The lowest BCUT2D eigenvalue weighted by atomic mass is 10.1. The Labute approximate surface area is 200 Å². The first-order valence-electron chi connectivity index (χ1n) is 10.6. The minimum atomic E-state index is 0.129. The summed E-state index contributed by atoms with van der Waals surface area (Å²) in [4.78, 5) is 4.95. The van der Waals surface area contributed by atoms with Crippen LogP contribution >= 0.6 is 35.0 Å². The first-order chi connectivity index (χ1) is 15.6. The minimum Gasteiger partial charge on any atom is -0.504 e. The second kappa shape index (κ2) is 11.3. The molecule has 0 bridgehead atoms. The molecule has 32 heavy (non-hydrogen) atoms. The number of nitrogens with zero attached hydrogens (tertiary/aromatic N) is 4. The lowest BCUT2D eigenvalue weighted by Gasteiger charge is -2.32. The largest absolute Gasteiger partial charge is 0.504 e. The number of aryl methyl sites for hydroxylation is 1. The van der Waals surface area contributed by atoms with Gasteiger partial charge in [-0.25, -0.2) is 0 Å². The van der Waals surface area contributed by atoms with E-state index >= 15 is 0 Å². The monoisotopic (exact) mass is 495 g/mol. The molecule has 9 nitrogen and oxygen atoms in total. The maximum atomic E-state index is 10.2. The van der Waals surface area contributed by atoms with E-state index in [1.165, 1.54) is 56.0 Å². The molecule has 0 aromatic carbocycles. The molecule has 0 saturated carbocycles. The highest BCUT2D eigenvalue weighted by atomic mass is 32.2. The standard InChI is InChI=1S/C20H29N7O2S3/c1-26-6-8-27(9-7-26)5-3-2-4-14-10-15(29-12-14)11-22-18-19(25-32-24-18)23-16-13-30-20(31-21)17(16)28/h10,12-13,28H,2-9,11,21H2,1H3,(H,22,24)(H,23,25). The fraction of sp³-hybridized carbons (Fsp3) is 0.500. The number of nitrogens with two attached hydrogens (primary N) is 1. The predicted octanol–water partition coefficient (Wildman–Crippen LogP) is 3.79. The van der Waals surface area contributed by atoms with Gasteiger partial charge in [-0.3, -0.25) is 5.14 Å². The molecular formula is C20H29N7O2S3. The Balaban J connectivity index is 1.21. The van der Waals surface area contributed by atoms with E-state index in [9.17, 15) is 5.11 Å². The average molecular weight is 496 g/mol. The van der Waals surface area contributed by atoms with E-state index in [2.05, 4.69) is 42.3 Å². The van der Waals surface area contributed by atoms with Crippen molar-refractivity contribution in [2.45, 2.75) is 30.0 Å². The Morgan fingerprint density at radius 1 is 1.22 bits per heavy atom. The van der Waals surface area contributed by atoms with Crippen LogP contribution in [-0.2, 0) is 13.0 Å². The molecule has 3 aromatic rings. The zero-order valence-corrected chi connectivity index (χ0v) is 20.5. The van der Waals surface area contributed by atoms with E-state index < -0.39 is 0 Å². The molecule has 0 aliphatic carbocycles. The Morgan fingerprint density at radius 2 is 2.03 bits per heavy atom. The van der Waals surface area contributed by atoms with Crippen molar-refractivity contribution < 1.29 is 9.52 Å². The molecule has 4 heterocycles. The minimum absolute atomic E-state index is 0.129. The number of aromatic hydroxyl groups is 1. The smallest absolute Gasteiger partial charge is 0.188 e. The number of rotatable bonds is 11. The summed E-state index contributed by atoms with van der Waals surface area (Å²) in [5.74, 6) is 2.17. The fourth-order valence-electron chi connectivity index (χ4n) is 3.58. The zero-order valence-electron chi connectivity index (χ0n) is 18.0. The van der Waals surface area contributed by atoms with Crippen molar-refractivity contribution in [2.24, 2.45) is 5.14 Å². The van der Waals surface area contributed by atoms with Crippen molar-refractivity contribution in [3.63, 3.8) is 0 Å². The highest BCUT2D eigenvalue weighted by molar-refractivity contribution is 7.99. The van der Waals surface area contributed by atoms with Gasteiger partial charge in [0.2, 0.25) is 0 Å². The van der Waals surface area contributed by atoms with E-state index in [0.717, 1.165) is 42.3 Å². The number of likely N-dealkylation sites (N-methyl/N-ethyl adjacent to an activating group) is 1. The lowest BCUT2D eigenvalue weighted by Crippen LogP contribution is -2.44. The van der Waals surface area contributed by atoms with E-state index in [0.29, 0.717) is 28.1 Å². The summed E-state index contributed by atoms with van der Waals surface area (Å²) in [7, 11) is 2.19. The molecule has 0 unspecified atom stereocenters. The molecule has 1 saturated heterocycles. The second-order valence-electron chi connectivity index (χ2n) is 7.87.